The third-order valence-corrected chi connectivity index (χ3v) is 3.17. The van der Waals surface area contributed by atoms with Crippen LogP contribution in [0.5, 0.6) is 5.88 Å². The number of carbonyl (C=O) groups is 1. The highest BCUT2D eigenvalue weighted by Gasteiger charge is 2.17. The van der Waals surface area contributed by atoms with E-state index in [1.807, 2.05) is 0 Å². The predicted octanol–water partition coefficient (Wildman–Crippen LogP) is 3.14. The molecule has 1 aromatic rings. The van der Waals surface area contributed by atoms with E-state index in [-0.39, 0.29) is 16.8 Å². The molecule has 1 heterocycles. The molecule has 0 saturated heterocycles. The summed E-state index contributed by atoms with van der Waals surface area (Å²) in [5, 5.41) is 9.03. The van der Waals surface area contributed by atoms with Crippen LogP contribution in [0.3, 0.4) is 0 Å². The number of nitrogens with zero attached hydrogens (tertiary/aromatic N) is 1. The van der Waals surface area contributed by atoms with Crippen molar-refractivity contribution in [3.05, 3.63) is 22.8 Å². The van der Waals surface area contributed by atoms with Crippen LogP contribution < -0.4 is 4.74 Å². The number of aromatic carboxylic acids is 1. The zero-order valence-corrected chi connectivity index (χ0v) is 10.1. The Morgan fingerprint density at radius 1 is 1.35 bits per heavy atom. The Morgan fingerprint density at radius 3 is 2.71 bits per heavy atom. The van der Waals surface area contributed by atoms with Crippen molar-refractivity contribution in [2.45, 2.75) is 38.2 Å². The standard InChI is InChI=1S/C12H14ClNO3/c13-9-6-7-10(14-11(9)12(15)16)17-8-4-2-1-3-5-8/h6-8H,1-5H2,(H,15,16). The lowest BCUT2D eigenvalue weighted by molar-refractivity contribution is 0.0687. The van der Waals surface area contributed by atoms with Crippen LogP contribution in [0, 0.1) is 0 Å². The molecule has 0 amide bonds. The fourth-order valence-corrected chi connectivity index (χ4v) is 2.18. The Hall–Kier alpha value is -1.29. The zero-order chi connectivity index (χ0) is 12.3. The number of hydrogen-bond donors (Lipinski definition) is 1. The summed E-state index contributed by atoms with van der Waals surface area (Å²) in [6.45, 7) is 0. The minimum Gasteiger partial charge on any atom is -0.476 e. The molecule has 0 bridgehead atoms. The molecule has 2 rings (SSSR count). The maximum Gasteiger partial charge on any atom is 0.356 e. The second kappa shape index (κ2) is 5.36. The Morgan fingerprint density at radius 2 is 2.06 bits per heavy atom. The number of carboxylic acids is 1. The summed E-state index contributed by atoms with van der Waals surface area (Å²) in [6, 6.07) is 3.12. The Kier molecular flexibility index (Phi) is 3.84. The van der Waals surface area contributed by atoms with Crippen LogP contribution in [0.25, 0.3) is 0 Å². The van der Waals surface area contributed by atoms with Crippen LogP contribution >= 0.6 is 11.6 Å². The molecule has 4 nitrogen and oxygen atoms in total. The van der Waals surface area contributed by atoms with Crippen molar-refractivity contribution in [2.24, 2.45) is 0 Å². The van der Waals surface area contributed by atoms with Gasteiger partial charge in [-0.05, 0) is 31.7 Å². The van der Waals surface area contributed by atoms with E-state index < -0.39 is 5.97 Å². The third kappa shape index (κ3) is 3.09. The molecule has 0 atom stereocenters. The van der Waals surface area contributed by atoms with Crippen LogP contribution in [0.1, 0.15) is 42.6 Å². The van der Waals surface area contributed by atoms with Crippen LogP contribution in [0.15, 0.2) is 12.1 Å². The molecule has 0 radical (unpaired) electrons. The summed E-state index contributed by atoms with van der Waals surface area (Å²) in [7, 11) is 0. The molecule has 1 aliphatic rings. The van der Waals surface area contributed by atoms with Crippen LogP contribution in [0.2, 0.25) is 5.02 Å². The van der Waals surface area contributed by atoms with Gasteiger partial charge < -0.3 is 9.84 Å². The highest BCUT2D eigenvalue weighted by molar-refractivity contribution is 6.33. The minimum absolute atomic E-state index is 0.133. The highest BCUT2D eigenvalue weighted by atomic mass is 35.5. The first-order valence-electron chi connectivity index (χ1n) is 5.73. The van der Waals surface area contributed by atoms with Crippen molar-refractivity contribution in [1.29, 1.82) is 0 Å². The minimum atomic E-state index is -1.14. The smallest absolute Gasteiger partial charge is 0.356 e. The van der Waals surface area contributed by atoms with Gasteiger partial charge in [-0.3, -0.25) is 0 Å². The number of aromatic nitrogens is 1. The van der Waals surface area contributed by atoms with Crippen molar-refractivity contribution in [2.75, 3.05) is 0 Å². The first-order valence-corrected chi connectivity index (χ1v) is 6.11. The summed E-state index contributed by atoms with van der Waals surface area (Å²) in [4.78, 5) is 14.8. The molecule has 1 saturated carbocycles. The monoisotopic (exact) mass is 255 g/mol. The normalized spacial score (nSPS) is 16.8. The van der Waals surface area contributed by atoms with Gasteiger partial charge in [-0.2, -0.15) is 0 Å². The lowest BCUT2D eigenvalue weighted by Crippen LogP contribution is -2.20. The van der Waals surface area contributed by atoms with E-state index in [2.05, 4.69) is 4.98 Å². The van der Waals surface area contributed by atoms with Crippen LogP contribution in [-0.2, 0) is 0 Å². The van der Waals surface area contributed by atoms with Gasteiger partial charge in [-0.25, -0.2) is 9.78 Å². The van der Waals surface area contributed by atoms with Crippen molar-refractivity contribution in [3.8, 4) is 5.88 Å². The fraction of sp³-hybridized carbons (Fsp3) is 0.500. The van der Waals surface area contributed by atoms with E-state index >= 15 is 0 Å². The molecule has 1 aromatic heterocycles. The van der Waals surface area contributed by atoms with Crippen molar-refractivity contribution in [1.82, 2.24) is 4.98 Å². The number of pyridine rings is 1. The topological polar surface area (TPSA) is 59.4 Å². The quantitative estimate of drug-likeness (QED) is 0.901. The van der Waals surface area contributed by atoms with Gasteiger partial charge in [0.25, 0.3) is 0 Å². The molecule has 1 N–H and O–H groups in total. The first kappa shape index (κ1) is 12.2. The average molecular weight is 256 g/mol. The van der Waals surface area contributed by atoms with Crippen molar-refractivity contribution in [3.63, 3.8) is 0 Å². The molecule has 0 aromatic carbocycles. The molecule has 17 heavy (non-hydrogen) atoms. The maximum absolute atomic E-state index is 10.9. The third-order valence-electron chi connectivity index (χ3n) is 2.86. The van der Waals surface area contributed by atoms with Crippen molar-refractivity contribution >= 4 is 17.6 Å². The van der Waals surface area contributed by atoms with Gasteiger partial charge in [0.05, 0.1) is 5.02 Å². The Labute approximate surface area is 105 Å². The summed E-state index contributed by atoms with van der Waals surface area (Å²) >= 11 is 5.74. The maximum atomic E-state index is 10.9. The number of carboxylic acid groups (broad SMARTS) is 1. The van der Waals surface area contributed by atoms with E-state index in [4.69, 9.17) is 21.4 Å². The van der Waals surface area contributed by atoms with Gasteiger partial charge >= 0.3 is 5.97 Å². The zero-order valence-electron chi connectivity index (χ0n) is 9.36. The Balaban J connectivity index is 2.10. The van der Waals surface area contributed by atoms with Gasteiger partial charge in [-0.15, -0.1) is 0 Å². The first-order chi connectivity index (χ1) is 8.16. The van der Waals surface area contributed by atoms with E-state index in [9.17, 15) is 4.79 Å². The largest absolute Gasteiger partial charge is 0.476 e. The summed E-state index contributed by atoms with van der Waals surface area (Å²) in [6.07, 6.45) is 5.72. The van der Waals surface area contributed by atoms with Gasteiger partial charge in [0, 0.05) is 6.07 Å². The second-order valence-electron chi connectivity index (χ2n) is 4.16. The van der Waals surface area contributed by atoms with Gasteiger partial charge in [0.1, 0.15) is 6.10 Å². The molecule has 0 unspecified atom stereocenters. The summed E-state index contributed by atoms with van der Waals surface area (Å²) < 4.78 is 5.67. The molecule has 1 fully saturated rings. The SMILES string of the molecule is O=C(O)c1nc(OC2CCCCC2)ccc1Cl. The van der Waals surface area contributed by atoms with E-state index in [0.29, 0.717) is 5.88 Å². The molecule has 92 valence electrons. The summed E-state index contributed by atoms with van der Waals surface area (Å²) in [5.41, 5.74) is -0.153. The number of halogens is 1. The average Bonchev–Trinajstić information content (AvgIpc) is 2.32. The molecule has 1 aliphatic carbocycles. The molecule has 0 aliphatic heterocycles. The lowest BCUT2D eigenvalue weighted by Gasteiger charge is -2.22. The van der Waals surface area contributed by atoms with E-state index in [1.165, 1.54) is 12.5 Å². The summed E-state index contributed by atoms with van der Waals surface area (Å²) in [5.74, 6) is -0.789. The Bertz CT molecular complexity index is 416. The second-order valence-corrected chi connectivity index (χ2v) is 4.57. The number of ether oxygens (including phenoxy) is 1. The number of hydrogen-bond acceptors (Lipinski definition) is 3. The molecular formula is C12H14ClNO3. The predicted molar refractivity (Wildman–Crippen MR) is 63.7 cm³/mol. The molecule has 0 spiro atoms. The van der Waals surface area contributed by atoms with Crippen LogP contribution in [0.4, 0.5) is 0 Å². The van der Waals surface area contributed by atoms with E-state index in [0.717, 1.165) is 25.7 Å². The van der Waals surface area contributed by atoms with Crippen molar-refractivity contribution < 1.29 is 14.6 Å². The van der Waals surface area contributed by atoms with E-state index in [1.54, 1.807) is 6.07 Å². The number of rotatable bonds is 3. The molecule has 5 heteroatoms. The lowest BCUT2D eigenvalue weighted by atomic mass is 9.98. The van der Waals surface area contributed by atoms with Crippen LogP contribution in [-0.4, -0.2) is 22.2 Å². The fourth-order valence-electron chi connectivity index (χ4n) is 1.99. The van der Waals surface area contributed by atoms with Gasteiger partial charge in [-0.1, -0.05) is 18.0 Å². The highest BCUT2D eigenvalue weighted by Crippen LogP contribution is 2.24. The molecular weight excluding hydrogens is 242 g/mol. The van der Waals surface area contributed by atoms with Gasteiger partial charge in [0.2, 0.25) is 5.88 Å². The van der Waals surface area contributed by atoms with Gasteiger partial charge in [0.15, 0.2) is 5.69 Å².